The lowest BCUT2D eigenvalue weighted by atomic mass is 10.0. The van der Waals surface area contributed by atoms with E-state index in [1.165, 1.54) is 29.1 Å². The summed E-state index contributed by atoms with van der Waals surface area (Å²) in [6.07, 6.45) is 9.52. The van der Waals surface area contributed by atoms with Crippen LogP contribution in [-0.2, 0) is 11.2 Å². The lowest BCUT2D eigenvalue weighted by Crippen LogP contribution is -2.56. The average molecular weight is 533 g/mol. The molecule has 0 spiro atoms. The summed E-state index contributed by atoms with van der Waals surface area (Å²) in [5, 5.41) is 3.46. The predicted molar refractivity (Wildman–Crippen MR) is 153 cm³/mol. The third-order valence-electron chi connectivity index (χ3n) is 7.69. The van der Waals surface area contributed by atoms with Crippen molar-refractivity contribution in [1.29, 1.82) is 0 Å². The van der Waals surface area contributed by atoms with E-state index in [0.717, 1.165) is 23.6 Å². The number of pyridine rings is 2. The molecule has 10 nitrogen and oxygen atoms in total. The van der Waals surface area contributed by atoms with Crippen molar-refractivity contribution in [2.24, 2.45) is 0 Å². The van der Waals surface area contributed by atoms with Crippen molar-refractivity contribution in [3.8, 4) is 5.75 Å². The van der Waals surface area contributed by atoms with Crippen LogP contribution in [0, 0.1) is 6.92 Å². The number of fused-ring (bicyclic) bond motifs is 6. The molecule has 1 fully saturated rings. The van der Waals surface area contributed by atoms with Crippen LogP contribution < -0.4 is 15.0 Å². The Morgan fingerprint density at radius 2 is 2.08 bits per heavy atom. The van der Waals surface area contributed by atoms with Gasteiger partial charge in [0.1, 0.15) is 24.1 Å². The number of rotatable bonds is 5. The molecule has 1 amide bonds. The van der Waals surface area contributed by atoms with Gasteiger partial charge in [-0.25, -0.2) is 19.9 Å². The largest absolute Gasteiger partial charge is 0.487 e. The maximum absolute atomic E-state index is 12.3. The third-order valence-corrected chi connectivity index (χ3v) is 7.69. The molecular weight excluding hydrogens is 504 g/mol. The number of aromatic nitrogens is 5. The van der Waals surface area contributed by atoms with E-state index in [1.54, 1.807) is 0 Å². The van der Waals surface area contributed by atoms with Gasteiger partial charge in [0.15, 0.2) is 17.4 Å². The minimum absolute atomic E-state index is 0.0663. The maximum atomic E-state index is 12.3. The van der Waals surface area contributed by atoms with Gasteiger partial charge < -0.3 is 24.3 Å². The highest BCUT2D eigenvalue weighted by atomic mass is 16.5. The standard InChI is InChI=1S/C30H28N8O2/c1-3-27(39)38-11-10-37-16-23(38)17-40-25-15-24-28(35-30(25)37)29(33-18-32-24)34-22-5-4-21(19(2)12-22)13-20-6-8-36-9-7-31-26(36)14-20/h3-9,12,14-15,18,23H,1,10-11,13,16-17H2,2H3,(H,32,33,34)/t23-/m1/s1. The fourth-order valence-corrected chi connectivity index (χ4v) is 5.56. The lowest BCUT2D eigenvalue weighted by Gasteiger charge is -2.39. The zero-order valence-electron chi connectivity index (χ0n) is 22.1. The molecule has 0 radical (unpaired) electrons. The number of nitrogens with zero attached hydrogens (tertiary/aromatic N) is 7. The highest BCUT2D eigenvalue weighted by Crippen LogP contribution is 2.36. The zero-order valence-corrected chi connectivity index (χ0v) is 22.1. The summed E-state index contributed by atoms with van der Waals surface area (Å²) < 4.78 is 8.14. The van der Waals surface area contributed by atoms with Crippen LogP contribution in [0.4, 0.5) is 17.3 Å². The number of aryl methyl sites for hydroxylation is 1. The molecule has 10 heteroatoms. The number of carbonyl (C=O) groups is 1. The highest BCUT2D eigenvalue weighted by Gasteiger charge is 2.34. The molecule has 0 saturated carbocycles. The molecule has 1 saturated heterocycles. The molecule has 40 heavy (non-hydrogen) atoms. The third kappa shape index (κ3) is 4.27. The van der Waals surface area contributed by atoms with Crippen LogP contribution in [0.2, 0.25) is 0 Å². The van der Waals surface area contributed by atoms with E-state index in [-0.39, 0.29) is 11.9 Å². The van der Waals surface area contributed by atoms with Crippen molar-refractivity contribution in [2.45, 2.75) is 19.4 Å². The molecule has 1 atom stereocenters. The van der Waals surface area contributed by atoms with Crippen molar-refractivity contribution in [3.63, 3.8) is 0 Å². The Labute approximate surface area is 231 Å². The van der Waals surface area contributed by atoms with Gasteiger partial charge in [-0.2, -0.15) is 0 Å². The molecule has 6 heterocycles. The first-order valence-electron chi connectivity index (χ1n) is 13.3. The Hall–Kier alpha value is -4.99. The van der Waals surface area contributed by atoms with Crippen LogP contribution in [0.3, 0.4) is 0 Å². The molecule has 0 aliphatic carbocycles. The number of piperazine rings is 1. The first-order valence-corrected chi connectivity index (χ1v) is 13.3. The number of hydrogen-bond donors (Lipinski definition) is 1. The van der Waals surface area contributed by atoms with Crippen LogP contribution in [-0.4, -0.2) is 67.4 Å². The van der Waals surface area contributed by atoms with E-state index in [9.17, 15) is 4.79 Å². The summed E-state index contributed by atoms with van der Waals surface area (Å²) in [6.45, 7) is 8.06. The second-order valence-electron chi connectivity index (χ2n) is 10.2. The second kappa shape index (κ2) is 9.64. The zero-order chi connectivity index (χ0) is 27.2. The van der Waals surface area contributed by atoms with Gasteiger partial charge >= 0.3 is 0 Å². The minimum atomic E-state index is -0.0740. The van der Waals surface area contributed by atoms with Crippen molar-refractivity contribution < 1.29 is 9.53 Å². The highest BCUT2D eigenvalue weighted by molar-refractivity contribution is 5.90. The predicted octanol–water partition coefficient (Wildman–Crippen LogP) is 3.91. The number of hydrogen-bond acceptors (Lipinski definition) is 8. The van der Waals surface area contributed by atoms with Gasteiger partial charge in [0.25, 0.3) is 0 Å². The monoisotopic (exact) mass is 532 g/mol. The Morgan fingerprint density at radius 3 is 2.95 bits per heavy atom. The van der Waals surface area contributed by atoms with Crippen LogP contribution >= 0.6 is 0 Å². The lowest BCUT2D eigenvalue weighted by molar-refractivity contribution is -0.129. The second-order valence-corrected chi connectivity index (χ2v) is 10.2. The SMILES string of the molecule is C=CC(=O)N1CCN2C[C@@H]1COc1cc3ncnc(Nc4ccc(Cc5ccn6ccnc6c5)c(C)c4)c3nc12. The molecule has 1 N–H and O–H groups in total. The fraction of sp³-hybridized carbons (Fsp3) is 0.233. The first kappa shape index (κ1) is 24.1. The Bertz CT molecular complexity index is 1780. The molecular formula is C30H28N8O2. The summed E-state index contributed by atoms with van der Waals surface area (Å²) in [4.78, 5) is 34.7. The summed E-state index contributed by atoms with van der Waals surface area (Å²) in [5.74, 6) is 1.97. The number of carbonyl (C=O) groups excluding carboxylic acids is 1. The fourth-order valence-electron chi connectivity index (χ4n) is 5.56. The van der Waals surface area contributed by atoms with Gasteiger partial charge in [0.05, 0.1) is 11.6 Å². The molecule has 1 aromatic carbocycles. The van der Waals surface area contributed by atoms with E-state index < -0.39 is 0 Å². The maximum Gasteiger partial charge on any atom is 0.246 e. The van der Waals surface area contributed by atoms with E-state index in [0.29, 0.717) is 48.8 Å². The summed E-state index contributed by atoms with van der Waals surface area (Å²) in [5.41, 5.74) is 6.88. The van der Waals surface area contributed by atoms with Crippen molar-refractivity contribution in [3.05, 3.63) is 90.7 Å². The van der Waals surface area contributed by atoms with Crippen LogP contribution in [0.15, 0.2) is 74.0 Å². The van der Waals surface area contributed by atoms with Gasteiger partial charge in [-0.05, 0) is 60.4 Å². The Kier molecular flexibility index (Phi) is 5.80. The summed E-state index contributed by atoms with van der Waals surface area (Å²) in [7, 11) is 0. The summed E-state index contributed by atoms with van der Waals surface area (Å²) >= 11 is 0. The quantitative estimate of drug-likeness (QED) is 0.340. The van der Waals surface area contributed by atoms with Crippen LogP contribution in [0.5, 0.6) is 5.75 Å². The van der Waals surface area contributed by atoms with Crippen molar-refractivity contribution in [1.82, 2.24) is 29.2 Å². The number of amides is 1. The first-order chi connectivity index (χ1) is 19.6. The Balaban J connectivity index is 1.15. The van der Waals surface area contributed by atoms with Crippen molar-refractivity contribution in [2.75, 3.05) is 36.5 Å². The molecule has 4 aromatic heterocycles. The molecule has 2 aliphatic rings. The van der Waals surface area contributed by atoms with Crippen LogP contribution in [0.25, 0.3) is 16.7 Å². The van der Waals surface area contributed by atoms with E-state index in [4.69, 9.17) is 9.72 Å². The van der Waals surface area contributed by atoms with Gasteiger partial charge in [-0.3, -0.25) is 4.79 Å². The Morgan fingerprint density at radius 1 is 1.15 bits per heavy atom. The van der Waals surface area contributed by atoms with Crippen LogP contribution in [0.1, 0.15) is 16.7 Å². The smallest absolute Gasteiger partial charge is 0.246 e. The van der Waals surface area contributed by atoms with Gasteiger partial charge in [-0.15, -0.1) is 0 Å². The number of anilines is 3. The number of ether oxygens (including phenoxy) is 1. The minimum Gasteiger partial charge on any atom is -0.487 e. The molecule has 2 bridgehead atoms. The van der Waals surface area contributed by atoms with E-state index in [1.807, 2.05) is 34.0 Å². The summed E-state index contributed by atoms with van der Waals surface area (Å²) in [6, 6.07) is 12.4. The van der Waals surface area contributed by atoms with Gasteiger partial charge in [0.2, 0.25) is 5.91 Å². The number of imidazole rings is 1. The normalized spacial score (nSPS) is 16.4. The van der Waals surface area contributed by atoms with Gasteiger partial charge in [-0.1, -0.05) is 12.6 Å². The molecule has 2 aliphatic heterocycles. The topological polar surface area (TPSA) is 101 Å². The van der Waals surface area contributed by atoms with E-state index >= 15 is 0 Å². The molecule has 5 aromatic rings. The van der Waals surface area contributed by atoms with Crippen molar-refractivity contribution >= 4 is 39.9 Å². The average Bonchev–Trinajstić information content (AvgIpc) is 3.40. The molecule has 200 valence electrons. The van der Waals surface area contributed by atoms with E-state index in [2.05, 4.69) is 69.0 Å². The van der Waals surface area contributed by atoms with Gasteiger partial charge in [0, 0.05) is 50.0 Å². The number of benzene rings is 1. The number of nitrogens with one attached hydrogen (secondary N) is 1. The molecule has 0 unspecified atom stereocenters. The molecule has 7 rings (SSSR count).